The van der Waals surface area contributed by atoms with Crippen LogP contribution in [0.4, 0.5) is 0 Å². The van der Waals surface area contributed by atoms with E-state index in [1.807, 2.05) is 6.33 Å². The number of rotatable bonds is 1. The largest absolute Gasteiger partial charge is 0.306 e. The summed E-state index contributed by atoms with van der Waals surface area (Å²) in [5.41, 5.74) is 3.98. The summed E-state index contributed by atoms with van der Waals surface area (Å²) in [5.74, 6) is 0.472. The molecule has 0 saturated carbocycles. The second-order valence-corrected chi connectivity index (χ2v) is 5.74. The minimum absolute atomic E-state index is 0.195. The molecule has 86 valence electrons. The summed E-state index contributed by atoms with van der Waals surface area (Å²) < 4.78 is 2.10. The Morgan fingerprint density at radius 2 is 1.94 bits per heavy atom. The maximum Gasteiger partial charge on any atom is 0.0995 e. The van der Waals surface area contributed by atoms with Gasteiger partial charge in [-0.25, -0.2) is 4.98 Å². The molecular weight excluding hydrogens is 196 g/mol. The van der Waals surface area contributed by atoms with Crippen LogP contribution in [-0.2, 0) is 5.41 Å². The molecule has 0 aliphatic heterocycles. The van der Waals surface area contributed by atoms with Crippen LogP contribution in [0.15, 0.2) is 24.7 Å². The normalized spacial score (nSPS) is 12.6. The van der Waals surface area contributed by atoms with Gasteiger partial charge in [0, 0.05) is 6.20 Å². The highest BCUT2D eigenvalue weighted by molar-refractivity contribution is 5.55. The van der Waals surface area contributed by atoms with Gasteiger partial charge >= 0.3 is 0 Å². The Morgan fingerprint density at radius 1 is 1.25 bits per heavy atom. The van der Waals surface area contributed by atoms with Crippen LogP contribution in [0.25, 0.3) is 5.52 Å². The van der Waals surface area contributed by atoms with Crippen molar-refractivity contribution in [3.8, 4) is 0 Å². The van der Waals surface area contributed by atoms with Crippen molar-refractivity contribution in [2.45, 2.75) is 46.0 Å². The Morgan fingerprint density at radius 3 is 2.50 bits per heavy atom. The predicted octanol–water partition coefficient (Wildman–Crippen LogP) is 3.76. The van der Waals surface area contributed by atoms with Crippen LogP contribution >= 0.6 is 0 Å². The minimum atomic E-state index is 0.195. The topological polar surface area (TPSA) is 17.3 Å². The molecule has 0 aromatic carbocycles. The summed E-state index contributed by atoms with van der Waals surface area (Å²) in [6.45, 7) is 11.1. The zero-order valence-corrected chi connectivity index (χ0v) is 10.8. The van der Waals surface area contributed by atoms with Crippen molar-refractivity contribution in [3.63, 3.8) is 0 Å². The van der Waals surface area contributed by atoms with Gasteiger partial charge in [0.25, 0.3) is 0 Å². The molecular formula is C14H20N2. The molecule has 2 rings (SSSR count). The van der Waals surface area contributed by atoms with E-state index in [9.17, 15) is 0 Å². The first kappa shape index (κ1) is 11.2. The third-order valence-electron chi connectivity index (χ3n) is 2.98. The lowest BCUT2D eigenvalue weighted by molar-refractivity contribution is 0.590. The average molecular weight is 216 g/mol. The van der Waals surface area contributed by atoms with E-state index in [2.05, 4.69) is 62.3 Å². The SMILES string of the molecule is CC(C)c1ncn2ccc(C(C)(C)C)cc12. The zero-order chi connectivity index (χ0) is 11.9. The quantitative estimate of drug-likeness (QED) is 0.709. The van der Waals surface area contributed by atoms with Crippen molar-refractivity contribution in [2.24, 2.45) is 0 Å². The number of nitrogens with zero attached hydrogens (tertiary/aromatic N) is 2. The highest BCUT2D eigenvalue weighted by Gasteiger charge is 2.16. The highest BCUT2D eigenvalue weighted by Crippen LogP contribution is 2.26. The monoisotopic (exact) mass is 216 g/mol. The molecule has 2 heteroatoms. The van der Waals surface area contributed by atoms with Gasteiger partial charge in [-0.3, -0.25) is 0 Å². The van der Waals surface area contributed by atoms with Crippen LogP contribution in [0.5, 0.6) is 0 Å². The van der Waals surface area contributed by atoms with E-state index in [0.29, 0.717) is 5.92 Å². The van der Waals surface area contributed by atoms with Crippen molar-refractivity contribution in [1.29, 1.82) is 0 Å². The number of aromatic nitrogens is 2. The molecule has 0 amide bonds. The second kappa shape index (κ2) is 3.62. The smallest absolute Gasteiger partial charge is 0.0995 e. The number of hydrogen-bond donors (Lipinski definition) is 0. The molecule has 0 radical (unpaired) electrons. The number of imidazole rings is 1. The van der Waals surface area contributed by atoms with E-state index in [4.69, 9.17) is 0 Å². The molecule has 0 saturated heterocycles. The van der Waals surface area contributed by atoms with E-state index >= 15 is 0 Å². The van der Waals surface area contributed by atoms with Crippen LogP contribution in [0, 0.1) is 0 Å². The number of pyridine rings is 1. The van der Waals surface area contributed by atoms with Gasteiger partial charge in [-0.15, -0.1) is 0 Å². The molecule has 2 aromatic rings. The minimum Gasteiger partial charge on any atom is -0.306 e. The molecule has 0 aliphatic rings. The number of hydrogen-bond acceptors (Lipinski definition) is 1. The van der Waals surface area contributed by atoms with Crippen molar-refractivity contribution >= 4 is 5.52 Å². The summed E-state index contributed by atoms with van der Waals surface area (Å²) in [7, 11) is 0. The van der Waals surface area contributed by atoms with Gasteiger partial charge in [0.2, 0.25) is 0 Å². The van der Waals surface area contributed by atoms with Crippen LogP contribution in [0.3, 0.4) is 0 Å². The Kier molecular flexibility index (Phi) is 2.53. The molecule has 0 atom stereocenters. The standard InChI is InChI=1S/C14H20N2/c1-10(2)13-12-8-11(14(3,4)5)6-7-16(12)9-15-13/h6-10H,1-5H3. The molecule has 0 bridgehead atoms. The lowest BCUT2D eigenvalue weighted by Crippen LogP contribution is -2.11. The predicted molar refractivity (Wildman–Crippen MR) is 68.0 cm³/mol. The Labute approximate surface area is 97.3 Å². The van der Waals surface area contributed by atoms with Crippen LogP contribution in [0.2, 0.25) is 0 Å². The van der Waals surface area contributed by atoms with E-state index in [1.165, 1.54) is 16.8 Å². The maximum absolute atomic E-state index is 4.48. The third-order valence-corrected chi connectivity index (χ3v) is 2.98. The van der Waals surface area contributed by atoms with Crippen molar-refractivity contribution < 1.29 is 0 Å². The zero-order valence-electron chi connectivity index (χ0n) is 10.8. The summed E-state index contributed by atoms with van der Waals surface area (Å²) >= 11 is 0. The van der Waals surface area contributed by atoms with Crippen molar-refractivity contribution in [3.05, 3.63) is 35.9 Å². The van der Waals surface area contributed by atoms with Gasteiger partial charge in [0.1, 0.15) is 0 Å². The summed E-state index contributed by atoms with van der Waals surface area (Å²) in [6.07, 6.45) is 4.01. The molecule has 0 aliphatic carbocycles. The summed E-state index contributed by atoms with van der Waals surface area (Å²) in [5, 5.41) is 0. The van der Waals surface area contributed by atoms with E-state index in [0.717, 1.165) is 0 Å². The molecule has 16 heavy (non-hydrogen) atoms. The van der Waals surface area contributed by atoms with E-state index < -0.39 is 0 Å². The molecule has 0 fully saturated rings. The molecule has 0 spiro atoms. The number of fused-ring (bicyclic) bond motifs is 1. The van der Waals surface area contributed by atoms with Gasteiger partial charge in [0.05, 0.1) is 17.5 Å². The van der Waals surface area contributed by atoms with E-state index in [1.54, 1.807) is 0 Å². The summed E-state index contributed by atoms with van der Waals surface area (Å²) in [6, 6.07) is 4.45. The fraction of sp³-hybridized carbons (Fsp3) is 0.500. The van der Waals surface area contributed by atoms with Crippen molar-refractivity contribution in [2.75, 3.05) is 0 Å². The maximum atomic E-state index is 4.48. The lowest BCUT2D eigenvalue weighted by Gasteiger charge is -2.19. The Bertz CT molecular complexity index is 501. The average Bonchev–Trinajstić information content (AvgIpc) is 2.58. The van der Waals surface area contributed by atoms with E-state index in [-0.39, 0.29) is 5.41 Å². The molecule has 0 unspecified atom stereocenters. The van der Waals surface area contributed by atoms with Gasteiger partial charge in [0.15, 0.2) is 0 Å². The van der Waals surface area contributed by atoms with Gasteiger partial charge in [-0.2, -0.15) is 0 Å². The Hall–Kier alpha value is -1.31. The first-order valence-electron chi connectivity index (χ1n) is 5.86. The van der Waals surface area contributed by atoms with Crippen LogP contribution < -0.4 is 0 Å². The van der Waals surface area contributed by atoms with Crippen molar-refractivity contribution in [1.82, 2.24) is 9.38 Å². The van der Waals surface area contributed by atoms with Gasteiger partial charge < -0.3 is 4.40 Å². The first-order valence-corrected chi connectivity index (χ1v) is 5.86. The fourth-order valence-corrected chi connectivity index (χ4v) is 1.92. The van der Waals surface area contributed by atoms with Crippen LogP contribution in [-0.4, -0.2) is 9.38 Å². The van der Waals surface area contributed by atoms with Gasteiger partial charge in [-0.05, 0) is 29.0 Å². The van der Waals surface area contributed by atoms with Gasteiger partial charge in [-0.1, -0.05) is 34.6 Å². The molecule has 2 aromatic heterocycles. The summed E-state index contributed by atoms with van der Waals surface area (Å²) in [4.78, 5) is 4.48. The first-order chi connectivity index (χ1) is 7.39. The third kappa shape index (κ3) is 1.84. The highest BCUT2D eigenvalue weighted by atomic mass is 15.0. The molecule has 0 N–H and O–H groups in total. The van der Waals surface area contributed by atoms with Crippen LogP contribution in [0.1, 0.15) is 51.8 Å². The molecule has 2 heterocycles. The lowest BCUT2D eigenvalue weighted by atomic mass is 9.87. The second-order valence-electron chi connectivity index (χ2n) is 5.74. The fourth-order valence-electron chi connectivity index (χ4n) is 1.92. The molecule has 2 nitrogen and oxygen atoms in total. The Balaban J connectivity index is 2.63.